The Morgan fingerprint density at radius 3 is 1.87 bits per heavy atom. The van der Waals surface area contributed by atoms with Gasteiger partial charge in [-0.05, 0) is 31.8 Å². The molecule has 4 aromatic carbocycles. The summed E-state index contributed by atoms with van der Waals surface area (Å²) in [6.45, 7) is 9.61. The molecule has 0 fully saturated rings. The molecule has 2 aliphatic rings. The Kier molecular flexibility index (Phi) is 7.84. The van der Waals surface area contributed by atoms with Crippen molar-refractivity contribution in [2.45, 2.75) is 39.2 Å². The van der Waals surface area contributed by atoms with Crippen LogP contribution in [-0.2, 0) is 25.8 Å². The molecule has 0 radical (unpaired) electrons. The summed E-state index contributed by atoms with van der Waals surface area (Å²) >= 11 is 0. The second-order valence-electron chi connectivity index (χ2n) is 10.6. The molecule has 6 rings (SSSR count). The molecular weight excluding hydrogens is 639 g/mol. The third-order valence-corrected chi connectivity index (χ3v) is 11.8. The van der Waals surface area contributed by atoms with Crippen molar-refractivity contribution in [3.05, 3.63) is 153 Å². The molecule has 2 aliphatic carbocycles. The molecule has 38 heavy (non-hydrogen) atoms. The van der Waals surface area contributed by atoms with Crippen LogP contribution in [0.1, 0.15) is 61.9 Å². The van der Waals surface area contributed by atoms with Gasteiger partial charge in [0.2, 0.25) is 0 Å². The van der Waals surface area contributed by atoms with E-state index in [0.717, 1.165) is 0 Å². The Balaban J connectivity index is 0.00000294. The number of fused-ring (bicyclic) bond motifs is 2. The van der Waals surface area contributed by atoms with E-state index < -0.39 is 8.80 Å². The van der Waals surface area contributed by atoms with E-state index in [4.69, 9.17) is 0 Å². The first-order valence-corrected chi connectivity index (χ1v) is 15.8. The van der Waals surface area contributed by atoms with E-state index in [2.05, 4.69) is 143 Å². The van der Waals surface area contributed by atoms with E-state index in [1.54, 1.807) is 10.4 Å². The molecule has 0 aliphatic heterocycles. The smallest absolute Gasteiger partial charge is 0 e. The first-order valence-electron chi connectivity index (χ1n) is 13.5. The van der Waals surface area contributed by atoms with Crippen LogP contribution in [0.4, 0.5) is 0 Å². The van der Waals surface area contributed by atoms with E-state index in [1.807, 2.05) is 0 Å². The molecular formula is C36H34HfSi-2. The zero-order chi connectivity index (χ0) is 25.5. The van der Waals surface area contributed by atoms with E-state index in [1.165, 1.54) is 50.1 Å². The summed E-state index contributed by atoms with van der Waals surface area (Å²) in [4.78, 5) is 0. The summed E-state index contributed by atoms with van der Waals surface area (Å²) < 4.78 is 0. The Morgan fingerprint density at radius 2 is 1.26 bits per heavy atom. The molecule has 3 atom stereocenters. The molecule has 188 valence electrons. The van der Waals surface area contributed by atoms with Crippen molar-refractivity contribution < 1.29 is 25.8 Å². The standard InChI is InChI=1S/C36H34Si.Hf/c1-24-23-29-19-11-12-21-31(27-15-7-5-8-16-27)33(29)35(24)37(4)36-26(3)25(2)30-20-13-14-22-32(34(30)36)28-17-9-6-10-18-28;/h5-23,31-32,37H,1-4H3;/q-2;. The molecule has 0 heterocycles. The van der Waals surface area contributed by atoms with Crippen LogP contribution < -0.4 is 10.4 Å². The third kappa shape index (κ3) is 4.52. The van der Waals surface area contributed by atoms with Crippen molar-refractivity contribution in [3.8, 4) is 0 Å². The van der Waals surface area contributed by atoms with Gasteiger partial charge in [0.1, 0.15) is 0 Å². The van der Waals surface area contributed by atoms with Gasteiger partial charge in [0, 0.05) is 25.8 Å². The molecule has 0 aromatic heterocycles. The Morgan fingerprint density at radius 1 is 0.711 bits per heavy atom. The summed E-state index contributed by atoms with van der Waals surface area (Å²) in [6, 6.07) is 24.5. The molecule has 3 unspecified atom stereocenters. The average molecular weight is 673 g/mol. The predicted octanol–water partition coefficient (Wildman–Crippen LogP) is 7.45. The fourth-order valence-electron chi connectivity index (χ4n) is 6.75. The largest absolute Gasteiger partial charge is 0.165 e. The summed E-state index contributed by atoms with van der Waals surface area (Å²) in [7, 11) is -1.56. The number of benzene rings is 2. The van der Waals surface area contributed by atoms with Gasteiger partial charge in [-0.1, -0.05) is 112 Å². The minimum Gasteiger partial charge on any atom is -0.165 e. The average Bonchev–Trinajstić information content (AvgIpc) is 3.16. The summed E-state index contributed by atoms with van der Waals surface area (Å²) in [5.74, 6) is 0.562. The zero-order valence-corrected chi connectivity index (χ0v) is 27.4. The van der Waals surface area contributed by atoms with Crippen LogP contribution >= 0.6 is 0 Å². The number of hydrogen-bond acceptors (Lipinski definition) is 0. The fraction of sp³-hybridized carbons (Fsp3) is 0.167. The summed E-state index contributed by atoms with van der Waals surface area (Å²) in [5.41, 5.74) is 13.0. The zero-order valence-electron chi connectivity index (χ0n) is 22.7. The third-order valence-electron chi connectivity index (χ3n) is 8.52. The predicted molar refractivity (Wildman–Crippen MR) is 163 cm³/mol. The first kappa shape index (κ1) is 26.8. The molecule has 4 aromatic rings. The van der Waals surface area contributed by atoms with Crippen LogP contribution in [-0.4, -0.2) is 8.80 Å². The topological polar surface area (TPSA) is 0 Å². The first-order chi connectivity index (χ1) is 18.1. The Labute approximate surface area is 248 Å². The number of aryl methyl sites for hydroxylation is 1. The van der Waals surface area contributed by atoms with E-state index in [9.17, 15) is 0 Å². The fourth-order valence-corrected chi connectivity index (χ4v) is 10.3. The minimum atomic E-state index is -1.56. The van der Waals surface area contributed by atoms with Gasteiger partial charge < -0.3 is 0 Å². The Bertz CT molecular complexity index is 1560. The molecule has 0 N–H and O–H groups in total. The van der Waals surface area contributed by atoms with Gasteiger partial charge in [-0.15, -0.1) is 58.2 Å². The summed E-state index contributed by atoms with van der Waals surface area (Å²) in [5, 5.41) is 3.26. The quantitative estimate of drug-likeness (QED) is 0.156. The molecule has 0 saturated carbocycles. The minimum absolute atomic E-state index is 0. The molecule has 0 spiro atoms. The number of hydrogen-bond donors (Lipinski definition) is 0. The van der Waals surface area contributed by atoms with Crippen LogP contribution in [0, 0.1) is 20.8 Å². The van der Waals surface area contributed by atoms with Crippen LogP contribution in [0.25, 0.3) is 12.2 Å². The van der Waals surface area contributed by atoms with Crippen molar-refractivity contribution >= 4 is 31.3 Å². The van der Waals surface area contributed by atoms with Crippen LogP contribution in [0.3, 0.4) is 0 Å². The van der Waals surface area contributed by atoms with Crippen molar-refractivity contribution in [2.75, 3.05) is 0 Å². The van der Waals surface area contributed by atoms with E-state index >= 15 is 0 Å². The van der Waals surface area contributed by atoms with Gasteiger partial charge in [-0.25, -0.2) is 0 Å². The van der Waals surface area contributed by atoms with Gasteiger partial charge in [-0.3, -0.25) is 0 Å². The van der Waals surface area contributed by atoms with E-state index in [0.29, 0.717) is 0 Å². The van der Waals surface area contributed by atoms with Crippen molar-refractivity contribution in [1.82, 2.24) is 0 Å². The second kappa shape index (κ2) is 11.1. The molecule has 0 nitrogen and oxygen atoms in total. The maximum absolute atomic E-state index is 2.57. The SMILES string of the molecule is Cc1[cH-]c2c(c1[SiH](C)c1c3c([c-](C)c1C)C=CC=CC3c1ccccc1)C(c1ccccc1)C=CC=C2.[Hf]. The second-order valence-corrected chi connectivity index (χ2v) is 13.2. The van der Waals surface area contributed by atoms with Crippen molar-refractivity contribution in [1.29, 1.82) is 0 Å². The number of allylic oxidation sites excluding steroid dienone is 6. The number of rotatable bonds is 4. The van der Waals surface area contributed by atoms with Crippen molar-refractivity contribution in [2.24, 2.45) is 0 Å². The monoisotopic (exact) mass is 674 g/mol. The molecule has 0 saturated heterocycles. The Hall–Kier alpha value is -2.81. The van der Waals surface area contributed by atoms with Gasteiger partial charge in [0.15, 0.2) is 0 Å². The maximum atomic E-state index is 2.57. The normalized spacial score (nSPS) is 18.3. The molecule has 0 amide bonds. The van der Waals surface area contributed by atoms with Crippen LogP contribution in [0.2, 0.25) is 6.55 Å². The molecule has 0 bridgehead atoms. The van der Waals surface area contributed by atoms with Crippen LogP contribution in [0.5, 0.6) is 0 Å². The molecule has 2 heteroatoms. The maximum Gasteiger partial charge on any atom is 0 e. The summed E-state index contributed by atoms with van der Waals surface area (Å²) in [6.07, 6.45) is 18.4. The van der Waals surface area contributed by atoms with E-state index in [-0.39, 0.29) is 37.7 Å². The van der Waals surface area contributed by atoms with Gasteiger partial charge in [0.05, 0.1) is 0 Å². The van der Waals surface area contributed by atoms with Gasteiger partial charge in [-0.2, -0.15) is 21.5 Å². The van der Waals surface area contributed by atoms with Crippen LogP contribution in [0.15, 0.2) is 103 Å². The van der Waals surface area contributed by atoms with Gasteiger partial charge >= 0.3 is 0 Å². The van der Waals surface area contributed by atoms with Crippen molar-refractivity contribution in [3.63, 3.8) is 0 Å². The van der Waals surface area contributed by atoms with Gasteiger partial charge in [0.25, 0.3) is 0 Å².